The van der Waals surface area contributed by atoms with E-state index in [0.29, 0.717) is 21.5 Å². The van der Waals surface area contributed by atoms with Crippen LogP contribution in [0, 0.1) is 0 Å². The monoisotopic (exact) mass is 307 g/mol. The fourth-order valence-electron chi connectivity index (χ4n) is 1.36. The molecule has 92 valence electrons. The van der Waals surface area contributed by atoms with Crippen LogP contribution < -0.4 is 16.6 Å². The first kappa shape index (κ1) is 12.5. The summed E-state index contributed by atoms with van der Waals surface area (Å²) in [4.78, 5) is 19.9. The molecule has 0 spiro atoms. The average molecular weight is 308 g/mol. The van der Waals surface area contributed by atoms with Gasteiger partial charge in [-0.15, -0.1) is 0 Å². The van der Waals surface area contributed by atoms with Crippen LogP contribution in [0.3, 0.4) is 0 Å². The lowest BCUT2D eigenvalue weighted by Crippen LogP contribution is -2.18. The molecule has 0 bridgehead atoms. The van der Waals surface area contributed by atoms with Crippen LogP contribution in [0.4, 0.5) is 11.5 Å². The molecule has 2 rings (SSSR count). The number of nitrogens with zero attached hydrogens (tertiary/aromatic N) is 2. The molecule has 6 nitrogen and oxygen atoms in total. The molecule has 2 heterocycles. The van der Waals surface area contributed by atoms with Gasteiger partial charge in [-0.05, 0) is 34.1 Å². The molecular weight excluding hydrogens is 298 g/mol. The number of nitrogens with two attached hydrogens (primary N) is 1. The van der Waals surface area contributed by atoms with Crippen LogP contribution in [0.25, 0.3) is 0 Å². The molecule has 2 aromatic heterocycles. The van der Waals surface area contributed by atoms with E-state index in [-0.39, 0.29) is 5.91 Å². The van der Waals surface area contributed by atoms with Gasteiger partial charge in [0.25, 0.3) is 5.91 Å². The van der Waals surface area contributed by atoms with Gasteiger partial charge in [-0.2, -0.15) is 0 Å². The Morgan fingerprint density at radius 2 is 2.06 bits per heavy atom. The third-order valence-corrected chi connectivity index (χ3v) is 2.61. The van der Waals surface area contributed by atoms with Crippen LogP contribution in [-0.2, 0) is 0 Å². The lowest BCUT2D eigenvalue weighted by atomic mass is 10.2. The highest BCUT2D eigenvalue weighted by Gasteiger charge is 2.13. The Morgan fingerprint density at radius 1 is 1.33 bits per heavy atom. The van der Waals surface area contributed by atoms with Gasteiger partial charge in [-0.3, -0.25) is 9.78 Å². The highest BCUT2D eigenvalue weighted by Crippen LogP contribution is 2.18. The summed E-state index contributed by atoms with van der Waals surface area (Å²) >= 11 is 3.26. The Balaban J connectivity index is 2.26. The summed E-state index contributed by atoms with van der Waals surface area (Å²) in [5.74, 6) is 5.32. The third kappa shape index (κ3) is 2.82. The maximum Gasteiger partial charge on any atom is 0.259 e. The number of hydrogen-bond acceptors (Lipinski definition) is 5. The predicted octanol–water partition coefficient (Wildman–Crippen LogP) is 1.78. The van der Waals surface area contributed by atoms with Crippen molar-refractivity contribution in [2.45, 2.75) is 0 Å². The summed E-state index contributed by atoms with van der Waals surface area (Å²) in [6.45, 7) is 0. The first-order valence-corrected chi connectivity index (χ1v) is 5.83. The van der Waals surface area contributed by atoms with Crippen molar-refractivity contribution in [2.75, 3.05) is 10.7 Å². The molecule has 0 saturated carbocycles. The van der Waals surface area contributed by atoms with E-state index in [1.54, 1.807) is 36.8 Å². The Hall–Kier alpha value is -1.99. The van der Waals surface area contributed by atoms with Crippen LogP contribution in [0.1, 0.15) is 10.4 Å². The molecule has 0 fully saturated rings. The largest absolute Gasteiger partial charge is 0.322 e. The maximum atomic E-state index is 12.1. The van der Waals surface area contributed by atoms with Crippen molar-refractivity contribution in [2.24, 2.45) is 5.84 Å². The van der Waals surface area contributed by atoms with Crippen molar-refractivity contribution >= 4 is 33.3 Å². The molecule has 0 aliphatic carbocycles. The van der Waals surface area contributed by atoms with E-state index in [1.165, 1.54) is 0 Å². The fraction of sp³-hybridized carbons (Fsp3) is 0. The van der Waals surface area contributed by atoms with Gasteiger partial charge in [-0.1, -0.05) is 0 Å². The molecule has 0 aromatic carbocycles. The smallest absolute Gasteiger partial charge is 0.259 e. The zero-order valence-corrected chi connectivity index (χ0v) is 10.8. The van der Waals surface area contributed by atoms with Crippen LogP contribution in [0.2, 0.25) is 0 Å². The van der Waals surface area contributed by atoms with Crippen molar-refractivity contribution in [3.05, 3.63) is 46.8 Å². The third-order valence-electron chi connectivity index (χ3n) is 2.17. The molecule has 18 heavy (non-hydrogen) atoms. The summed E-state index contributed by atoms with van der Waals surface area (Å²) in [5.41, 5.74) is 3.39. The van der Waals surface area contributed by atoms with Gasteiger partial charge in [-0.25, -0.2) is 10.8 Å². The molecule has 0 atom stereocenters. The topological polar surface area (TPSA) is 92.9 Å². The molecule has 2 aromatic rings. The second-order valence-corrected chi connectivity index (χ2v) is 4.30. The molecule has 0 saturated heterocycles. The number of halogens is 1. The summed E-state index contributed by atoms with van der Waals surface area (Å²) in [7, 11) is 0. The van der Waals surface area contributed by atoms with E-state index >= 15 is 0 Å². The number of hydrogen-bond donors (Lipinski definition) is 3. The minimum Gasteiger partial charge on any atom is -0.322 e. The molecule has 0 radical (unpaired) electrons. The van der Waals surface area contributed by atoms with E-state index in [2.05, 4.69) is 36.6 Å². The van der Waals surface area contributed by atoms with E-state index < -0.39 is 0 Å². The first-order valence-electron chi connectivity index (χ1n) is 5.04. The second-order valence-electron chi connectivity index (χ2n) is 3.38. The number of anilines is 2. The molecule has 0 aliphatic rings. The number of amides is 1. The molecule has 0 unspecified atom stereocenters. The van der Waals surface area contributed by atoms with Crippen molar-refractivity contribution in [3.63, 3.8) is 0 Å². The van der Waals surface area contributed by atoms with E-state index in [0.717, 1.165) is 0 Å². The SMILES string of the molecule is NNc1ncc(Br)cc1C(=O)Nc1ccncc1. The lowest BCUT2D eigenvalue weighted by molar-refractivity contribution is 0.102. The lowest BCUT2D eigenvalue weighted by Gasteiger charge is -2.09. The Labute approximate surface area is 112 Å². The number of hydrazine groups is 1. The fourth-order valence-corrected chi connectivity index (χ4v) is 1.69. The van der Waals surface area contributed by atoms with Gasteiger partial charge in [0.05, 0.1) is 5.56 Å². The number of carbonyl (C=O) groups is 1. The quantitative estimate of drug-likeness (QED) is 0.593. The Morgan fingerprint density at radius 3 is 2.72 bits per heavy atom. The van der Waals surface area contributed by atoms with Gasteiger partial charge in [0.2, 0.25) is 0 Å². The zero-order chi connectivity index (χ0) is 13.0. The van der Waals surface area contributed by atoms with Crippen molar-refractivity contribution < 1.29 is 4.79 Å². The number of aromatic nitrogens is 2. The van der Waals surface area contributed by atoms with Crippen LogP contribution in [0.15, 0.2) is 41.3 Å². The number of nitrogens with one attached hydrogen (secondary N) is 2. The van der Waals surface area contributed by atoms with Gasteiger partial charge >= 0.3 is 0 Å². The number of carbonyl (C=O) groups excluding carboxylic acids is 1. The van der Waals surface area contributed by atoms with Gasteiger partial charge < -0.3 is 10.7 Å². The standard InChI is InChI=1S/C11H10BrN5O/c12-7-5-9(10(17-13)15-6-7)11(18)16-8-1-3-14-4-2-8/h1-6H,13H2,(H,15,17)(H,14,16,18). The summed E-state index contributed by atoms with van der Waals surface area (Å²) in [6, 6.07) is 5.02. The number of nitrogen functional groups attached to an aromatic ring is 1. The highest BCUT2D eigenvalue weighted by molar-refractivity contribution is 9.10. The predicted molar refractivity (Wildman–Crippen MR) is 71.9 cm³/mol. The molecule has 1 amide bonds. The maximum absolute atomic E-state index is 12.1. The van der Waals surface area contributed by atoms with Crippen LogP contribution in [0.5, 0.6) is 0 Å². The van der Waals surface area contributed by atoms with Crippen LogP contribution >= 0.6 is 15.9 Å². The summed E-state index contributed by atoms with van der Waals surface area (Å²) in [6.07, 6.45) is 4.74. The van der Waals surface area contributed by atoms with E-state index in [9.17, 15) is 4.79 Å². The first-order chi connectivity index (χ1) is 8.70. The van der Waals surface area contributed by atoms with Crippen LogP contribution in [-0.4, -0.2) is 15.9 Å². The second kappa shape index (κ2) is 5.56. The van der Waals surface area contributed by atoms with E-state index in [4.69, 9.17) is 5.84 Å². The molecule has 4 N–H and O–H groups in total. The zero-order valence-electron chi connectivity index (χ0n) is 9.22. The minimum atomic E-state index is -0.303. The number of rotatable bonds is 3. The van der Waals surface area contributed by atoms with Crippen molar-refractivity contribution in [1.82, 2.24) is 9.97 Å². The van der Waals surface area contributed by atoms with Crippen molar-refractivity contribution in [1.29, 1.82) is 0 Å². The Kier molecular flexibility index (Phi) is 3.85. The minimum absolute atomic E-state index is 0.303. The summed E-state index contributed by atoms with van der Waals surface area (Å²) in [5, 5.41) is 2.72. The summed E-state index contributed by atoms with van der Waals surface area (Å²) < 4.78 is 0.696. The van der Waals surface area contributed by atoms with Gasteiger partial charge in [0.15, 0.2) is 5.82 Å². The number of pyridine rings is 2. The molecule has 7 heteroatoms. The normalized spacial score (nSPS) is 9.89. The average Bonchev–Trinajstić information content (AvgIpc) is 2.40. The molecule has 0 aliphatic heterocycles. The van der Waals surface area contributed by atoms with Gasteiger partial charge in [0.1, 0.15) is 0 Å². The highest BCUT2D eigenvalue weighted by atomic mass is 79.9. The molecular formula is C11H10BrN5O. The van der Waals surface area contributed by atoms with Gasteiger partial charge in [0, 0.05) is 28.8 Å². The van der Waals surface area contributed by atoms with Crippen molar-refractivity contribution in [3.8, 4) is 0 Å². The Bertz CT molecular complexity index is 561. The van der Waals surface area contributed by atoms with E-state index in [1.807, 2.05) is 0 Å².